The highest BCUT2D eigenvalue weighted by molar-refractivity contribution is 7.19. The maximum absolute atomic E-state index is 11.5. The number of methoxy groups -OCH3 is 1. The maximum Gasteiger partial charge on any atom is 0.341 e. The van der Waals surface area contributed by atoms with E-state index in [-0.39, 0.29) is 5.56 Å². The van der Waals surface area contributed by atoms with Crippen molar-refractivity contribution in [3.05, 3.63) is 22.7 Å². The van der Waals surface area contributed by atoms with Crippen molar-refractivity contribution in [2.24, 2.45) is 0 Å². The molecular formula is C10H7N3O2S. The van der Waals surface area contributed by atoms with E-state index in [0.717, 1.165) is 11.3 Å². The fraction of sp³-hybridized carbons (Fsp3) is 0.100. The molecule has 16 heavy (non-hydrogen) atoms. The smallest absolute Gasteiger partial charge is 0.341 e. The summed E-state index contributed by atoms with van der Waals surface area (Å²) in [6, 6.07) is 5.19. The van der Waals surface area contributed by atoms with Crippen LogP contribution in [0.15, 0.2) is 12.1 Å². The van der Waals surface area contributed by atoms with Gasteiger partial charge in [0.05, 0.1) is 17.3 Å². The third-order valence-corrected chi connectivity index (χ3v) is 3.07. The van der Waals surface area contributed by atoms with E-state index in [1.54, 1.807) is 12.1 Å². The van der Waals surface area contributed by atoms with Crippen LogP contribution in [-0.2, 0) is 4.74 Å². The fourth-order valence-corrected chi connectivity index (χ4v) is 2.27. The van der Waals surface area contributed by atoms with Crippen molar-refractivity contribution >= 4 is 33.2 Å². The van der Waals surface area contributed by atoms with Crippen LogP contribution in [0.3, 0.4) is 0 Å². The molecule has 0 aliphatic heterocycles. The predicted molar refractivity (Wildman–Crippen MR) is 60.1 cm³/mol. The van der Waals surface area contributed by atoms with Gasteiger partial charge in [0, 0.05) is 5.69 Å². The molecule has 0 radical (unpaired) electrons. The van der Waals surface area contributed by atoms with E-state index in [9.17, 15) is 4.79 Å². The molecule has 0 atom stereocenters. The Balaban J connectivity index is 2.79. The van der Waals surface area contributed by atoms with Gasteiger partial charge in [-0.2, -0.15) is 5.26 Å². The van der Waals surface area contributed by atoms with E-state index in [4.69, 9.17) is 11.0 Å². The number of thiazole rings is 1. The summed E-state index contributed by atoms with van der Waals surface area (Å²) in [5, 5.41) is 9.04. The van der Waals surface area contributed by atoms with Crippen molar-refractivity contribution in [2.45, 2.75) is 0 Å². The second kappa shape index (κ2) is 3.79. The van der Waals surface area contributed by atoms with Gasteiger partial charge in [0.25, 0.3) is 0 Å². The molecule has 5 nitrogen and oxygen atoms in total. The van der Waals surface area contributed by atoms with Crippen LogP contribution in [0.1, 0.15) is 15.4 Å². The molecule has 2 rings (SSSR count). The first kappa shape index (κ1) is 10.4. The lowest BCUT2D eigenvalue weighted by atomic mass is 10.1. The largest absolute Gasteiger partial charge is 0.465 e. The molecule has 2 aromatic rings. The van der Waals surface area contributed by atoms with Crippen LogP contribution in [0.25, 0.3) is 10.2 Å². The van der Waals surface area contributed by atoms with Crippen molar-refractivity contribution in [2.75, 3.05) is 12.8 Å². The summed E-state index contributed by atoms with van der Waals surface area (Å²) in [7, 11) is 1.28. The number of hydrogen-bond acceptors (Lipinski definition) is 6. The third kappa shape index (κ3) is 1.47. The highest BCUT2D eigenvalue weighted by atomic mass is 32.1. The average molecular weight is 233 g/mol. The molecule has 0 unspecified atom stereocenters. The van der Waals surface area contributed by atoms with Gasteiger partial charge >= 0.3 is 5.97 Å². The average Bonchev–Trinajstić information content (AvgIpc) is 2.71. The Morgan fingerprint density at radius 1 is 1.62 bits per heavy atom. The summed E-state index contributed by atoms with van der Waals surface area (Å²) in [5.41, 5.74) is 6.89. The molecule has 0 amide bonds. The first-order valence-corrected chi connectivity index (χ1v) is 5.16. The highest BCUT2D eigenvalue weighted by Crippen LogP contribution is 2.29. The molecule has 0 aliphatic carbocycles. The number of nitrogens with zero attached hydrogens (tertiary/aromatic N) is 2. The van der Waals surface area contributed by atoms with Crippen LogP contribution in [-0.4, -0.2) is 18.1 Å². The fourth-order valence-electron chi connectivity index (χ4n) is 1.37. The van der Waals surface area contributed by atoms with E-state index >= 15 is 0 Å². The SMILES string of the molecule is COC(=O)c1c(N)ccc2nc(C#N)sc12. The molecule has 0 aliphatic rings. The van der Waals surface area contributed by atoms with Gasteiger partial charge in [-0.1, -0.05) is 0 Å². The lowest BCUT2D eigenvalue weighted by Crippen LogP contribution is -2.05. The Morgan fingerprint density at radius 3 is 3.00 bits per heavy atom. The summed E-state index contributed by atoms with van der Waals surface area (Å²) in [6.45, 7) is 0. The number of ether oxygens (including phenoxy) is 1. The second-order valence-corrected chi connectivity index (χ2v) is 4.00. The Bertz CT molecular complexity index is 612. The molecule has 0 bridgehead atoms. The first-order valence-electron chi connectivity index (χ1n) is 4.34. The Labute approximate surface area is 95.1 Å². The number of hydrogen-bond donors (Lipinski definition) is 1. The zero-order chi connectivity index (χ0) is 11.7. The maximum atomic E-state index is 11.5. The minimum absolute atomic E-state index is 0.277. The van der Waals surface area contributed by atoms with Crippen LogP contribution in [0.5, 0.6) is 0 Å². The molecule has 2 N–H and O–H groups in total. The molecule has 1 heterocycles. The number of esters is 1. The third-order valence-electron chi connectivity index (χ3n) is 2.08. The number of nitrogen functional groups attached to an aromatic ring is 1. The van der Waals surface area contributed by atoms with Gasteiger partial charge < -0.3 is 10.5 Å². The number of rotatable bonds is 1. The zero-order valence-corrected chi connectivity index (χ0v) is 9.17. The van der Waals surface area contributed by atoms with Gasteiger partial charge in [0.1, 0.15) is 11.6 Å². The zero-order valence-electron chi connectivity index (χ0n) is 8.35. The quantitative estimate of drug-likeness (QED) is 0.596. The monoisotopic (exact) mass is 233 g/mol. The highest BCUT2D eigenvalue weighted by Gasteiger charge is 2.17. The molecule has 0 saturated heterocycles. The molecule has 6 heteroatoms. The van der Waals surface area contributed by atoms with Crippen molar-refractivity contribution in [3.63, 3.8) is 0 Å². The molecule has 0 spiro atoms. The Kier molecular flexibility index (Phi) is 2.46. The number of fused-ring (bicyclic) bond motifs is 1. The lowest BCUT2D eigenvalue weighted by molar-refractivity contribution is 0.0604. The van der Waals surface area contributed by atoms with Crippen molar-refractivity contribution in [3.8, 4) is 6.07 Å². The number of nitriles is 1. The van der Waals surface area contributed by atoms with E-state index in [0.29, 0.717) is 20.9 Å². The van der Waals surface area contributed by atoms with E-state index in [2.05, 4.69) is 9.72 Å². The van der Waals surface area contributed by atoms with Crippen molar-refractivity contribution in [1.29, 1.82) is 5.26 Å². The summed E-state index contributed by atoms with van der Waals surface area (Å²) in [5.74, 6) is -0.517. The lowest BCUT2D eigenvalue weighted by Gasteiger charge is -2.03. The normalized spacial score (nSPS) is 10.0. The molecule has 80 valence electrons. The molecule has 1 aromatic heterocycles. The van der Waals surface area contributed by atoms with Crippen molar-refractivity contribution in [1.82, 2.24) is 4.98 Å². The van der Waals surface area contributed by atoms with Crippen LogP contribution < -0.4 is 5.73 Å². The molecule has 1 aromatic carbocycles. The van der Waals surface area contributed by atoms with Gasteiger partial charge in [-0.15, -0.1) is 11.3 Å². The van der Waals surface area contributed by atoms with Crippen LogP contribution in [0, 0.1) is 11.3 Å². The summed E-state index contributed by atoms with van der Waals surface area (Å²) in [6.07, 6.45) is 0. The van der Waals surface area contributed by atoms with Gasteiger partial charge in [-0.25, -0.2) is 9.78 Å². The minimum Gasteiger partial charge on any atom is -0.465 e. The number of aromatic nitrogens is 1. The number of carbonyl (C=O) groups excluding carboxylic acids is 1. The van der Waals surface area contributed by atoms with Gasteiger partial charge in [0.2, 0.25) is 0 Å². The summed E-state index contributed by atoms with van der Waals surface area (Å²) in [4.78, 5) is 15.6. The second-order valence-electron chi connectivity index (χ2n) is 3.00. The van der Waals surface area contributed by atoms with Crippen LogP contribution >= 0.6 is 11.3 Å². The Hall–Kier alpha value is -2.13. The number of carbonyl (C=O) groups is 1. The number of nitrogens with two attached hydrogens (primary N) is 1. The van der Waals surface area contributed by atoms with E-state index in [1.165, 1.54) is 7.11 Å². The molecule has 0 fully saturated rings. The molecular weight excluding hydrogens is 226 g/mol. The predicted octanol–water partition coefficient (Wildman–Crippen LogP) is 1.54. The number of anilines is 1. The van der Waals surface area contributed by atoms with Crippen LogP contribution in [0.4, 0.5) is 5.69 Å². The Morgan fingerprint density at radius 2 is 2.38 bits per heavy atom. The molecule has 0 saturated carbocycles. The van der Waals surface area contributed by atoms with Gasteiger partial charge in [-0.05, 0) is 12.1 Å². The van der Waals surface area contributed by atoms with Gasteiger partial charge in [-0.3, -0.25) is 0 Å². The van der Waals surface area contributed by atoms with E-state index in [1.807, 2.05) is 6.07 Å². The van der Waals surface area contributed by atoms with Gasteiger partial charge in [0.15, 0.2) is 5.01 Å². The first-order chi connectivity index (χ1) is 7.67. The van der Waals surface area contributed by atoms with E-state index < -0.39 is 5.97 Å². The van der Waals surface area contributed by atoms with Crippen molar-refractivity contribution < 1.29 is 9.53 Å². The number of benzene rings is 1. The summed E-state index contributed by atoms with van der Waals surface area (Å²) >= 11 is 1.13. The topological polar surface area (TPSA) is 89.0 Å². The van der Waals surface area contributed by atoms with Crippen LogP contribution in [0.2, 0.25) is 0 Å². The summed E-state index contributed by atoms with van der Waals surface area (Å²) < 4.78 is 5.23. The minimum atomic E-state index is -0.517. The standard InChI is InChI=1S/C10H7N3O2S/c1-15-10(14)8-5(12)2-3-6-9(8)16-7(4-11)13-6/h2-3H,12H2,1H3.